The lowest BCUT2D eigenvalue weighted by molar-refractivity contribution is 0.0762. The first-order chi connectivity index (χ1) is 9.78. The fraction of sp³-hybridized carbons (Fsp3) is 0.500. The average Bonchev–Trinajstić information content (AvgIpc) is 2.70. The highest BCUT2D eigenvalue weighted by Crippen LogP contribution is 2.17. The minimum absolute atomic E-state index is 0.154. The van der Waals surface area contributed by atoms with E-state index in [0.717, 1.165) is 54.8 Å². The Labute approximate surface area is 119 Å². The van der Waals surface area contributed by atoms with Gasteiger partial charge in [-0.3, -0.25) is 4.79 Å². The first kappa shape index (κ1) is 13.2. The summed E-state index contributed by atoms with van der Waals surface area (Å²) in [7, 11) is 0. The predicted molar refractivity (Wildman–Crippen MR) is 79.8 cm³/mol. The fourth-order valence-corrected chi connectivity index (χ4v) is 2.82. The van der Waals surface area contributed by atoms with E-state index >= 15 is 0 Å². The number of carbonyl (C=O) groups is 1. The Kier molecular flexibility index (Phi) is 3.72. The van der Waals surface area contributed by atoms with E-state index in [2.05, 4.69) is 16.9 Å². The SMILES string of the molecule is CCc1nc2ccc(C(=O)N3CCCCCC3)cc2[nH]1. The maximum atomic E-state index is 12.6. The molecule has 0 saturated carbocycles. The molecule has 4 heteroatoms. The number of likely N-dealkylation sites (tertiary alicyclic amines) is 1. The number of H-pyrrole nitrogens is 1. The predicted octanol–water partition coefficient (Wildman–Crippen LogP) is 3.14. The van der Waals surface area contributed by atoms with Crippen LogP contribution in [-0.2, 0) is 6.42 Å². The molecule has 1 saturated heterocycles. The highest BCUT2D eigenvalue weighted by Gasteiger charge is 2.17. The zero-order valence-electron chi connectivity index (χ0n) is 12.0. The van der Waals surface area contributed by atoms with Gasteiger partial charge in [-0.2, -0.15) is 0 Å². The lowest BCUT2D eigenvalue weighted by Crippen LogP contribution is -2.31. The molecule has 20 heavy (non-hydrogen) atoms. The summed E-state index contributed by atoms with van der Waals surface area (Å²) < 4.78 is 0. The highest BCUT2D eigenvalue weighted by molar-refractivity contribution is 5.97. The van der Waals surface area contributed by atoms with E-state index in [0.29, 0.717) is 0 Å². The summed E-state index contributed by atoms with van der Waals surface area (Å²) in [5.41, 5.74) is 2.67. The van der Waals surface area contributed by atoms with Crippen molar-refractivity contribution in [2.24, 2.45) is 0 Å². The molecule has 1 N–H and O–H groups in total. The number of aromatic amines is 1. The van der Waals surface area contributed by atoms with E-state index in [-0.39, 0.29) is 5.91 Å². The van der Waals surface area contributed by atoms with Crippen molar-refractivity contribution in [1.29, 1.82) is 0 Å². The molecule has 0 radical (unpaired) electrons. The van der Waals surface area contributed by atoms with Crippen LogP contribution in [0.4, 0.5) is 0 Å². The molecule has 1 fully saturated rings. The smallest absolute Gasteiger partial charge is 0.253 e. The standard InChI is InChI=1S/C16H21N3O/c1-2-15-17-13-8-7-12(11-14(13)18-15)16(20)19-9-5-3-4-6-10-19/h7-8,11H,2-6,9-10H2,1H3,(H,17,18). The zero-order chi connectivity index (χ0) is 13.9. The third kappa shape index (κ3) is 2.55. The number of carbonyl (C=O) groups excluding carboxylic acids is 1. The summed E-state index contributed by atoms with van der Waals surface area (Å²) in [5, 5.41) is 0. The van der Waals surface area contributed by atoms with Crippen molar-refractivity contribution < 1.29 is 4.79 Å². The number of hydrogen-bond donors (Lipinski definition) is 1. The van der Waals surface area contributed by atoms with Crippen molar-refractivity contribution in [2.45, 2.75) is 39.0 Å². The second-order valence-electron chi connectivity index (χ2n) is 5.48. The molecule has 4 nitrogen and oxygen atoms in total. The number of nitrogens with zero attached hydrogens (tertiary/aromatic N) is 2. The van der Waals surface area contributed by atoms with Crippen LogP contribution < -0.4 is 0 Å². The third-order valence-electron chi connectivity index (χ3n) is 4.01. The number of rotatable bonds is 2. The van der Waals surface area contributed by atoms with Gasteiger partial charge in [0.15, 0.2) is 0 Å². The fourth-order valence-electron chi connectivity index (χ4n) is 2.82. The topological polar surface area (TPSA) is 49.0 Å². The molecule has 0 spiro atoms. The molecule has 1 aromatic carbocycles. The van der Waals surface area contributed by atoms with Gasteiger partial charge in [-0.15, -0.1) is 0 Å². The number of nitrogens with one attached hydrogen (secondary N) is 1. The molecule has 0 atom stereocenters. The van der Waals surface area contributed by atoms with E-state index < -0.39 is 0 Å². The minimum atomic E-state index is 0.154. The summed E-state index contributed by atoms with van der Waals surface area (Å²) in [4.78, 5) is 22.3. The van der Waals surface area contributed by atoms with E-state index in [9.17, 15) is 4.79 Å². The van der Waals surface area contributed by atoms with Crippen LogP contribution in [0.25, 0.3) is 11.0 Å². The molecule has 1 aromatic heterocycles. The monoisotopic (exact) mass is 271 g/mol. The van der Waals surface area contributed by atoms with Gasteiger partial charge in [0.05, 0.1) is 11.0 Å². The van der Waals surface area contributed by atoms with E-state index in [4.69, 9.17) is 0 Å². The van der Waals surface area contributed by atoms with Crippen LogP contribution in [0, 0.1) is 0 Å². The number of amides is 1. The molecule has 2 aromatic rings. The summed E-state index contributed by atoms with van der Waals surface area (Å²) in [6.07, 6.45) is 5.60. The minimum Gasteiger partial charge on any atom is -0.342 e. The van der Waals surface area contributed by atoms with Crippen LogP contribution in [0.2, 0.25) is 0 Å². The number of hydrogen-bond acceptors (Lipinski definition) is 2. The normalized spacial score (nSPS) is 16.4. The molecule has 1 aliphatic heterocycles. The first-order valence-corrected chi connectivity index (χ1v) is 7.56. The summed E-state index contributed by atoms with van der Waals surface area (Å²) >= 11 is 0. The summed E-state index contributed by atoms with van der Waals surface area (Å²) in [6.45, 7) is 3.85. The second kappa shape index (κ2) is 5.65. The van der Waals surface area contributed by atoms with Gasteiger partial charge in [0, 0.05) is 25.1 Å². The van der Waals surface area contributed by atoms with Crippen LogP contribution in [0.5, 0.6) is 0 Å². The van der Waals surface area contributed by atoms with Crippen LogP contribution in [-0.4, -0.2) is 33.9 Å². The van der Waals surface area contributed by atoms with E-state index in [1.54, 1.807) is 0 Å². The zero-order valence-corrected chi connectivity index (χ0v) is 12.0. The molecule has 0 unspecified atom stereocenters. The molecule has 1 amide bonds. The van der Waals surface area contributed by atoms with Crippen molar-refractivity contribution in [3.05, 3.63) is 29.6 Å². The molecule has 0 aliphatic carbocycles. The van der Waals surface area contributed by atoms with Crippen LogP contribution in [0.3, 0.4) is 0 Å². The molecule has 3 rings (SSSR count). The molecule has 106 valence electrons. The number of aromatic nitrogens is 2. The van der Waals surface area contributed by atoms with Crippen molar-refractivity contribution in [3.63, 3.8) is 0 Å². The van der Waals surface area contributed by atoms with Crippen molar-refractivity contribution in [2.75, 3.05) is 13.1 Å². The van der Waals surface area contributed by atoms with Crippen LogP contribution in [0.1, 0.15) is 48.8 Å². The first-order valence-electron chi connectivity index (χ1n) is 7.56. The van der Waals surface area contributed by atoms with Crippen molar-refractivity contribution in [1.82, 2.24) is 14.9 Å². The van der Waals surface area contributed by atoms with Gasteiger partial charge in [0.25, 0.3) is 5.91 Å². The molecule has 1 aliphatic rings. The number of imidazole rings is 1. The Morgan fingerprint density at radius 2 is 2.00 bits per heavy atom. The van der Waals surface area contributed by atoms with Gasteiger partial charge >= 0.3 is 0 Å². The number of benzene rings is 1. The van der Waals surface area contributed by atoms with Gasteiger partial charge < -0.3 is 9.88 Å². The molecular weight excluding hydrogens is 250 g/mol. The van der Waals surface area contributed by atoms with Gasteiger partial charge in [-0.05, 0) is 31.0 Å². The maximum absolute atomic E-state index is 12.6. The van der Waals surface area contributed by atoms with E-state index in [1.807, 2.05) is 23.1 Å². The van der Waals surface area contributed by atoms with E-state index in [1.165, 1.54) is 12.8 Å². The Hall–Kier alpha value is -1.84. The lowest BCUT2D eigenvalue weighted by atomic mass is 10.1. The van der Waals surface area contributed by atoms with Crippen molar-refractivity contribution in [3.8, 4) is 0 Å². The number of fused-ring (bicyclic) bond motifs is 1. The summed E-state index contributed by atoms with van der Waals surface area (Å²) in [5.74, 6) is 1.13. The Balaban J connectivity index is 1.86. The van der Waals surface area contributed by atoms with Crippen molar-refractivity contribution >= 4 is 16.9 Å². The van der Waals surface area contributed by atoms with Crippen LogP contribution >= 0.6 is 0 Å². The lowest BCUT2D eigenvalue weighted by Gasteiger charge is -2.20. The van der Waals surface area contributed by atoms with Gasteiger partial charge in [0.1, 0.15) is 5.82 Å². The largest absolute Gasteiger partial charge is 0.342 e. The van der Waals surface area contributed by atoms with Gasteiger partial charge in [-0.1, -0.05) is 19.8 Å². The average molecular weight is 271 g/mol. The highest BCUT2D eigenvalue weighted by atomic mass is 16.2. The Morgan fingerprint density at radius 1 is 1.25 bits per heavy atom. The maximum Gasteiger partial charge on any atom is 0.253 e. The molecule has 0 bridgehead atoms. The van der Waals surface area contributed by atoms with Gasteiger partial charge in [0.2, 0.25) is 0 Å². The molecule has 2 heterocycles. The Bertz CT molecular complexity index is 609. The second-order valence-corrected chi connectivity index (χ2v) is 5.48. The third-order valence-corrected chi connectivity index (χ3v) is 4.01. The number of aryl methyl sites for hydroxylation is 1. The Morgan fingerprint density at radius 3 is 2.70 bits per heavy atom. The van der Waals surface area contributed by atoms with Gasteiger partial charge in [-0.25, -0.2) is 4.98 Å². The summed E-state index contributed by atoms with van der Waals surface area (Å²) in [6, 6.07) is 5.78. The van der Waals surface area contributed by atoms with Crippen LogP contribution in [0.15, 0.2) is 18.2 Å². The quantitative estimate of drug-likeness (QED) is 0.912. The molecular formula is C16H21N3O.